The van der Waals surface area contributed by atoms with E-state index >= 15 is 0 Å². The van der Waals surface area contributed by atoms with E-state index in [2.05, 4.69) is 21.2 Å². The number of carbonyl (C=O) groups is 1. The van der Waals surface area contributed by atoms with E-state index in [1.165, 1.54) is 4.88 Å². The monoisotopic (exact) mass is 321 g/mol. The molecular weight excluding hydrogens is 306 g/mol. The number of amides is 1. The second kappa shape index (κ2) is 7.81. The first-order valence-electron chi connectivity index (χ1n) is 5.41. The fourth-order valence-corrected chi connectivity index (χ4v) is 2.88. The number of carbonyl (C=O) groups excluding carboxylic acids is 1. The lowest BCUT2D eigenvalue weighted by atomic mass is 10.2. The molecule has 0 aliphatic heterocycles. The van der Waals surface area contributed by atoms with E-state index in [4.69, 9.17) is 10.2 Å². The molecule has 6 heteroatoms. The third-order valence-corrected chi connectivity index (χ3v) is 3.95. The molecule has 0 saturated carbocycles. The van der Waals surface area contributed by atoms with Crippen LogP contribution in [-0.4, -0.2) is 35.4 Å². The van der Waals surface area contributed by atoms with Crippen LogP contribution in [0, 0.1) is 0 Å². The van der Waals surface area contributed by atoms with Crippen molar-refractivity contribution in [3.8, 4) is 0 Å². The van der Waals surface area contributed by atoms with Crippen molar-refractivity contribution in [3.05, 3.63) is 20.8 Å². The Morgan fingerprint density at radius 2 is 2.12 bits per heavy atom. The summed E-state index contributed by atoms with van der Waals surface area (Å²) in [6.07, 6.45) is 2.04. The van der Waals surface area contributed by atoms with E-state index in [0.29, 0.717) is 6.42 Å². The minimum absolute atomic E-state index is 0.131. The molecule has 3 N–H and O–H groups in total. The zero-order valence-electron chi connectivity index (χ0n) is 9.36. The molecule has 1 amide bonds. The van der Waals surface area contributed by atoms with E-state index in [0.717, 1.165) is 16.6 Å². The minimum atomic E-state index is -0.543. The van der Waals surface area contributed by atoms with Crippen LogP contribution in [0.25, 0.3) is 0 Å². The van der Waals surface area contributed by atoms with Crippen LogP contribution in [0.1, 0.15) is 17.7 Å². The van der Waals surface area contributed by atoms with Gasteiger partial charge in [-0.05, 0) is 40.9 Å². The van der Waals surface area contributed by atoms with Gasteiger partial charge in [0.05, 0.1) is 23.0 Å². The number of aliphatic hydroxyl groups is 2. The van der Waals surface area contributed by atoms with E-state index in [1.54, 1.807) is 11.3 Å². The molecule has 1 aromatic rings. The highest BCUT2D eigenvalue weighted by atomic mass is 79.9. The zero-order valence-corrected chi connectivity index (χ0v) is 11.8. The Balaban J connectivity index is 2.20. The first-order valence-corrected chi connectivity index (χ1v) is 7.02. The molecule has 17 heavy (non-hydrogen) atoms. The molecular formula is C11H16BrNO3S. The number of rotatable bonds is 7. The van der Waals surface area contributed by atoms with Crippen LogP contribution in [0.5, 0.6) is 0 Å². The summed E-state index contributed by atoms with van der Waals surface area (Å²) < 4.78 is 1.09. The number of hydrogen-bond donors (Lipinski definition) is 3. The van der Waals surface area contributed by atoms with Gasteiger partial charge in [-0.3, -0.25) is 4.79 Å². The molecule has 0 unspecified atom stereocenters. The van der Waals surface area contributed by atoms with E-state index in [-0.39, 0.29) is 19.1 Å². The molecule has 1 heterocycles. The van der Waals surface area contributed by atoms with Crippen molar-refractivity contribution in [2.45, 2.75) is 25.3 Å². The van der Waals surface area contributed by atoms with Crippen molar-refractivity contribution in [3.63, 3.8) is 0 Å². The fourth-order valence-electron chi connectivity index (χ4n) is 1.36. The molecule has 4 nitrogen and oxygen atoms in total. The summed E-state index contributed by atoms with van der Waals surface area (Å²) in [6.45, 7) is -0.472. The Morgan fingerprint density at radius 1 is 1.41 bits per heavy atom. The van der Waals surface area contributed by atoms with Crippen LogP contribution in [0.4, 0.5) is 0 Å². The molecule has 0 aliphatic rings. The van der Waals surface area contributed by atoms with Gasteiger partial charge in [0.2, 0.25) is 5.91 Å². The summed E-state index contributed by atoms with van der Waals surface area (Å²) in [4.78, 5) is 12.7. The van der Waals surface area contributed by atoms with Crippen LogP contribution >= 0.6 is 27.3 Å². The lowest BCUT2D eigenvalue weighted by Gasteiger charge is -2.12. The number of halogens is 1. The van der Waals surface area contributed by atoms with Gasteiger partial charge in [0, 0.05) is 11.3 Å². The first-order chi connectivity index (χ1) is 8.15. The van der Waals surface area contributed by atoms with Gasteiger partial charge in [0.15, 0.2) is 0 Å². The Kier molecular flexibility index (Phi) is 6.72. The maximum atomic E-state index is 11.4. The summed E-state index contributed by atoms with van der Waals surface area (Å²) in [7, 11) is 0. The summed E-state index contributed by atoms with van der Waals surface area (Å²) in [5.74, 6) is -0.131. The number of thiophene rings is 1. The summed E-state index contributed by atoms with van der Waals surface area (Å²) in [5.41, 5.74) is 0. The molecule has 0 atom stereocenters. The average molecular weight is 322 g/mol. The Morgan fingerprint density at radius 3 is 2.65 bits per heavy atom. The van der Waals surface area contributed by atoms with Gasteiger partial charge in [-0.1, -0.05) is 0 Å². The van der Waals surface area contributed by atoms with Crippen molar-refractivity contribution in [2.24, 2.45) is 0 Å². The lowest BCUT2D eigenvalue weighted by molar-refractivity contribution is -0.122. The van der Waals surface area contributed by atoms with Crippen LogP contribution in [0.2, 0.25) is 0 Å². The van der Waals surface area contributed by atoms with Crippen LogP contribution in [0.15, 0.2) is 15.9 Å². The highest BCUT2D eigenvalue weighted by Gasteiger charge is 2.09. The molecule has 1 aromatic heterocycles. The predicted molar refractivity (Wildman–Crippen MR) is 71.1 cm³/mol. The number of aryl methyl sites for hydroxylation is 1. The van der Waals surface area contributed by atoms with Gasteiger partial charge in [0.25, 0.3) is 0 Å². The Bertz CT molecular complexity index is 352. The molecule has 1 rings (SSSR count). The maximum absolute atomic E-state index is 11.4. The van der Waals surface area contributed by atoms with Crippen molar-refractivity contribution >= 4 is 33.2 Å². The zero-order chi connectivity index (χ0) is 12.7. The maximum Gasteiger partial charge on any atom is 0.220 e. The van der Waals surface area contributed by atoms with Crippen molar-refractivity contribution in [1.82, 2.24) is 5.32 Å². The molecule has 0 aliphatic carbocycles. The highest BCUT2D eigenvalue weighted by Crippen LogP contribution is 2.23. The highest BCUT2D eigenvalue weighted by molar-refractivity contribution is 9.11. The van der Waals surface area contributed by atoms with Gasteiger partial charge in [-0.25, -0.2) is 0 Å². The fraction of sp³-hybridized carbons (Fsp3) is 0.545. The normalized spacial score (nSPS) is 10.8. The van der Waals surface area contributed by atoms with Gasteiger partial charge in [-0.15, -0.1) is 11.3 Å². The quantitative estimate of drug-likeness (QED) is 0.709. The largest absolute Gasteiger partial charge is 0.394 e. The Labute approximate surface area is 113 Å². The number of nitrogens with one attached hydrogen (secondary N) is 1. The van der Waals surface area contributed by atoms with Crippen LogP contribution in [-0.2, 0) is 11.2 Å². The van der Waals surface area contributed by atoms with Gasteiger partial charge >= 0.3 is 0 Å². The topological polar surface area (TPSA) is 69.6 Å². The lowest BCUT2D eigenvalue weighted by Crippen LogP contribution is -2.39. The van der Waals surface area contributed by atoms with E-state index in [1.807, 2.05) is 12.1 Å². The molecule has 0 spiro atoms. The van der Waals surface area contributed by atoms with Crippen molar-refractivity contribution < 1.29 is 15.0 Å². The van der Waals surface area contributed by atoms with Gasteiger partial charge in [0.1, 0.15) is 0 Å². The minimum Gasteiger partial charge on any atom is -0.394 e. The van der Waals surface area contributed by atoms with Crippen LogP contribution < -0.4 is 5.32 Å². The first kappa shape index (κ1) is 14.6. The SMILES string of the molecule is O=C(CCCc1ccc(Br)s1)NC(CO)CO. The van der Waals surface area contributed by atoms with Crippen LogP contribution in [0.3, 0.4) is 0 Å². The van der Waals surface area contributed by atoms with Crippen molar-refractivity contribution in [1.29, 1.82) is 0 Å². The second-order valence-electron chi connectivity index (χ2n) is 3.69. The molecule has 0 bridgehead atoms. The van der Waals surface area contributed by atoms with E-state index in [9.17, 15) is 4.79 Å². The molecule has 0 saturated heterocycles. The third-order valence-electron chi connectivity index (χ3n) is 2.26. The van der Waals surface area contributed by atoms with Crippen molar-refractivity contribution in [2.75, 3.05) is 13.2 Å². The molecule has 96 valence electrons. The molecule has 0 fully saturated rings. The standard InChI is InChI=1S/C11H16BrNO3S/c12-10-5-4-9(17-10)2-1-3-11(16)13-8(6-14)7-15/h4-5,8,14-15H,1-3,6-7H2,(H,13,16). The van der Waals surface area contributed by atoms with E-state index < -0.39 is 6.04 Å². The number of hydrogen-bond acceptors (Lipinski definition) is 4. The van der Waals surface area contributed by atoms with Gasteiger partial charge in [-0.2, -0.15) is 0 Å². The predicted octanol–water partition coefficient (Wildman–Crippen LogP) is 1.30. The molecule has 0 radical (unpaired) electrons. The summed E-state index contributed by atoms with van der Waals surface area (Å²) in [6, 6.07) is 3.49. The Hall–Kier alpha value is -0.430. The van der Waals surface area contributed by atoms with Gasteiger partial charge < -0.3 is 15.5 Å². The second-order valence-corrected chi connectivity index (χ2v) is 6.24. The summed E-state index contributed by atoms with van der Waals surface area (Å²) in [5, 5.41) is 20.2. The third kappa shape index (κ3) is 5.63. The smallest absolute Gasteiger partial charge is 0.220 e. The summed E-state index contributed by atoms with van der Waals surface area (Å²) >= 11 is 5.06. The number of aliphatic hydroxyl groups excluding tert-OH is 2. The average Bonchev–Trinajstić information content (AvgIpc) is 2.72. The molecule has 0 aromatic carbocycles.